The van der Waals surface area contributed by atoms with Crippen molar-refractivity contribution in [1.29, 1.82) is 0 Å². The van der Waals surface area contributed by atoms with Crippen molar-refractivity contribution >= 4 is 23.7 Å². The molecule has 1 aromatic heterocycles. The SMILES string of the molecule is C[n+]1ccn(Cc2ccc(CBr)cc2)c1.F[P-](F)(F)(F)(F)F. The zero-order chi connectivity index (χ0) is 17.1. The molecule has 22 heavy (non-hydrogen) atoms. The number of aromatic nitrogens is 2. The summed E-state index contributed by atoms with van der Waals surface area (Å²) in [6.07, 6.45) is 6.21. The molecule has 0 N–H and O–H groups in total. The number of nitrogens with zero attached hydrogens (tertiary/aromatic N) is 2. The van der Waals surface area contributed by atoms with E-state index in [4.69, 9.17) is 0 Å². The Labute approximate surface area is 131 Å². The van der Waals surface area contributed by atoms with Crippen LogP contribution in [-0.2, 0) is 18.9 Å². The Hall–Kier alpha value is -1.08. The summed E-state index contributed by atoms with van der Waals surface area (Å²) in [5, 5.41) is 0.922. The van der Waals surface area contributed by atoms with E-state index in [0.29, 0.717) is 0 Å². The van der Waals surface area contributed by atoms with Crippen molar-refractivity contribution in [2.24, 2.45) is 7.05 Å². The van der Waals surface area contributed by atoms with Gasteiger partial charge in [-0.3, -0.25) is 0 Å². The van der Waals surface area contributed by atoms with Gasteiger partial charge < -0.3 is 0 Å². The van der Waals surface area contributed by atoms with E-state index in [1.54, 1.807) is 0 Å². The number of hydrogen-bond acceptors (Lipinski definition) is 0. The first kappa shape index (κ1) is 19.0. The van der Waals surface area contributed by atoms with Gasteiger partial charge >= 0.3 is 33.0 Å². The van der Waals surface area contributed by atoms with Crippen LogP contribution in [0.15, 0.2) is 43.0 Å². The number of hydrogen-bond donors (Lipinski definition) is 0. The average Bonchev–Trinajstić information content (AvgIpc) is 2.72. The third kappa shape index (κ3) is 10.6. The summed E-state index contributed by atoms with van der Waals surface area (Å²) < 4.78 is 63.4. The molecule has 0 spiro atoms. The van der Waals surface area contributed by atoms with Crippen LogP contribution in [0.5, 0.6) is 0 Å². The van der Waals surface area contributed by atoms with Crippen LogP contribution in [0.4, 0.5) is 25.2 Å². The molecule has 0 unspecified atom stereocenters. The Morgan fingerprint density at radius 3 is 1.82 bits per heavy atom. The summed E-state index contributed by atoms with van der Waals surface area (Å²) in [6, 6.07) is 8.67. The van der Waals surface area contributed by atoms with Gasteiger partial charge in [0.15, 0.2) is 0 Å². The second-order valence-electron chi connectivity index (χ2n) is 4.66. The predicted molar refractivity (Wildman–Crippen MR) is 77.4 cm³/mol. The van der Waals surface area contributed by atoms with Gasteiger partial charge in [-0.15, -0.1) is 0 Å². The molecule has 2 rings (SSSR count). The van der Waals surface area contributed by atoms with E-state index in [9.17, 15) is 25.2 Å². The van der Waals surface area contributed by atoms with Crippen LogP contribution in [0.2, 0.25) is 0 Å². The van der Waals surface area contributed by atoms with Gasteiger partial charge in [0.2, 0.25) is 6.33 Å². The third-order valence-electron chi connectivity index (χ3n) is 2.37. The molecule has 2 nitrogen and oxygen atoms in total. The van der Waals surface area contributed by atoms with E-state index < -0.39 is 7.81 Å². The normalized spacial score (nSPS) is 14.5. The van der Waals surface area contributed by atoms with Gasteiger partial charge in [-0.05, 0) is 11.1 Å². The first-order valence-corrected chi connectivity index (χ1v) is 9.09. The van der Waals surface area contributed by atoms with Crippen LogP contribution in [0.25, 0.3) is 0 Å². The van der Waals surface area contributed by atoms with Crippen molar-refractivity contribution in [1.82, 2.24) is 4.57 Å². The van der Waals surface area contributed by atoms with E-state index in [1.807, 2.05) is 17.8 Å². The molecule has 0 aliphatic carbocycles. The molecule has 0 saturated heterocycles. The summed E-state index contributed by atoms with van der Waals surface area (Å²) >= 11 is 3.44. The molecular formula is C12H14BrF6N2P. The molecule has 0 aliphatic rings. The summed E-state index contributed by atoms with van der Waals surface area (Å²) in [6.45, 7) is 0.934. The van der Waals surface area contributed by atoms with E-state index in [0.717, 1.165) is 11.9 Å². The number of imidazole rings is 1. The fourth-order valence-electron chi connectivity index (χ4n) is 1.54. The number of benzene rings is 1. The first-order valence-electron chi connectivity index (χ1n) is 5.94. The Kier molecular flexibility index (Phi) is 5.04. The molecular weight excluding hydrogens is 397 g/mol. The molecule has 0 bridgehead atoms. The van der Waals surface area contributed by atoms with Gasteiger partial charge in [-0.25, -0.2) is 9.13 Å². The van der Waals surface area contributed by atoms with E-state index in [2.05, 4.69) is 57.3 Å². The summed E-state index contributed by atoms with van der Waals surface area (Å²) in [5.74, 6) is 0. The van der Waals surface area contributed by atoms with Gasteiger partial charge in [-0.2, -0.15) is 0 Å². The van der Waals surface area contributed by atoms with Crippen LogP contribution in [0.3, 0.4) is 0 Å². The minimum atomic E-state index is -10.7. The molecule has 0 fully saturated rings. The maximum atomic E-state index is 9.87. The Bertz CT molecular complexity index is 609. The fourth-order valence-corrected chi connectivity index (χ4v) is 1.91. The van der Waals surface area contributed by atoms with Crippen molar-refractivity contribution in [2.45, 2.75) is 11.9 Å². The van der Waals surface area contributed by atoms with Crippen molar-refractivity contribution in [3.63, 3.8) is 0 Å². The second kappa shape index (κ2) is 5.85. The van der Waals surface area contributed by atoms with Crippen molar-refractivity contribution in [2.75, 3.05) is 0 Å². The van der Waals surface area contributed by atoms with E-state index in [-0.39, 0.29) is 0 Å². The summed E-state index contributed by atoms with van der Waals surface area (Å²) in [7, 11) is -8.63. The predicted octanol–water partition coefficient (Wildman–Crippen LogP) is 5.64. The topological polar surface area (TPSA) is 8.81 Å². The number of halogens is 7. The molecule has 126 valence electrons. The Morgan fingerprint density at radius 1 is 1.00 bits per heavy atom. The maximum absolute atomic E-state index is 10.7. The average molecular weight is 411 g/mol. The van der Waals surface area contributed by atoms with Gasteiger partial charge in [0, 0.05) is 5.33 Å². The standard InChI is InChI=1S/C12H14BrN2.F6P/c1-14-6-7-15(10-14)9-12-4-2-11(8-13)3-5-12;1-7(2,3,4,5)6/h2-7,10H,8-9H2,1H3;/q+1;-1. The van der Waals surface area contributed by atoms with Gasteiger partial charge in [0.05, 0.1) is 7.05 Å². The van der Waals surface area contributed by atoms with Crippen LogP contribution in [-0.4, -0.2) is 4.57 Å². The molecule has 0 amide bonds. The number of rotatable bonds is 3. The molecule has 1 aromatic carbocycles. The second-order valence-corrected chi connectivity index (χ2v) is 7.14. The summed E-state index contributed by atoms with van der Waals surface area (Å²) in [4.78, 5) is 0. The molecule has 10 heteroatoms. The zero-order valence-corrected chi connectivity index (χ0v) is 13.9. The molecule has 2 aromatic rings. The molecule has 0 saturated carbocycles. The van der Waals surface area contributed by atoms with Crippen molar-refractivity contribution in [3.05, 3.63) is 54.1 Å². The summed E-state index contributed by atoms with van der Waals surface area (Å²) in [5.41, 5.74) is 2.65. The van der Waals surface area contributed by atoms with Crippen molar-refractivity contribution in [3.8, 4) is 0 Å². The van der Waals surface area contributed by atoms with Gasteiger partial charge in [0.1, 0.15) is 18.9 Å². The molecule has 0 aliphatic heterocycles. The molecule has 0 atom stereocenters. The van der Waals surface area contributed by atoms with Crippen LogP contribution in [0.1, 0.15) is 11.1 Å². The number of alkyl halides is 1. The Morgan fingerprint density at radius 2 is 1.45 bits per heavy atom. The van der Waals surface area contributed by atoms with Crippen LogP contribution >= 0.6 is 23.7 Å². The van der Waals surface area contributed by atoms with E-state index in [1.165, 1.54) is 11.1 Å². The first-order chi connectivity index (χ1) is 9.72. The molecule has 1 heterocycles. The minimum absolute atomic E-state index is 0.922. The van der Waals surface area contributed by atoms with Gasteiger partial charge in [0.25, 0.3) is 0 Å². The quantitative estimate of drug-likeness (QED) is 0.268. The monoisotopic (exact) mass is 410 g/mol. The third-order valence-corrected chi connectivity index (χ3v) is 3.01. The van der Waals surface area contributed by atoms with Crippen molar-refractivity contribution < 1.29 is 29.7 Å². The number of aryl methyl sites for hydroxylation is 1. The fraction of sp³-hybridized carbons (Fsp3) is 0.250. The zero-order valence-electron chi connectivity index (χ0n) is 11.4. The van der Waals surface area contributed by atoms with Crippen LogP contribution in [0, 0.1) is 0 Å². The molecule has 0 radical (unpaired) electrons. The van der Waals surface area contributed by atoms with E-state index >= 15 is 0 Å². The Balaban J connectivity index is 0.000000295. The van der Waals surface area contributed by atoms with Gasteiger partial charge in [-0.1, -0.05) is 40.2 Å². The van der Waals surface area contributed by atoms with Crippen LogP contribution < -0.4 is 4.57 Å².